The molecule has 0 unspecified atom stereocenters. The standard InChI is InChI=1S/C13H20N4O2S/c1-5-8-9(6-2)15-16-13(11(8)12(14)20)17(3)7-10(18)19-4/h5-7H2,1-4H3,(H2,14,20). The van der Waals surface area contributed by atoms with Crippen molar-refractivity contribution in [3.63, 3.8) is 0 Å². The number of hydrogen-bond donors (Lipinski definition) is 1. The molecule has 0 fully saturated rings. The van der Waals surface area contributed by atoms with Crippen molar-refractivity contribution in [2.75, 3.05) is 25.6 Å². The number of esters is 1. The summed E-state index contributed by atoms with van der Waals surface area (Å²) >= 11 is 5.14. The van der Waals surface area contributed by atoms with Crippen LogP contribution in [0.15, 0.2) is 0 Å². The minimum Gasteiger partial charge on any atom is -0.468 e. The van der Waals surface area contributed by atoms with E-state index in [1.165, 1.54) is 7.11 Å². The summed E-state index contributed by atoms with van der Waals surface area (Å²) in [6.07, 6.45) is 1.51. The molecule has 0 bridgehead atoms. The molecule has 0 amide bonds. The Kier molecular flexibility index (Phi) is 5.82. The molecule has 2 N–H and O–H groups in total. The summed E-state index contributed by atoms with van der Waals surface area (Å²) in [4.78, 5) is 13.3. The van der Waals surface area contributed by atoms with Gasteiger partial charge >= 0.3 is 5.97 Å². The van der Waals surface area contributed by atoms with Crippen molar-refractivity contribution in [3.8, 4) is 0 Å². The summed E-state index contributed by atoms with van der Waals surface area (Å²) in [6, 6.07) is 0. The molecule has 0 radical (unpaired) electrons. The lowest BCUT2D eigenvalue weighted by Crippen LogP contribution is -2.31. The van der Waals surface area contributed by atoms with Gasteiger partial charge in [-0.05, 0) is 18.4 Å². The zero-order valence-electron chi connectivity index (χ0n) is 12.3. The van der Waals surface area contributed by atoms with Gasteiger partial charge in [-0.15, -0.1) is 5.10 Å². The van der Waals surface area contributed by atoms with Crippen LogP contribution in [0, 0.1) is 0 Å². The van der Waals surface area contributed by atoms with Crippen molar-refractivity contribution in [3.05, 3.63) is 16.8 Å². The molecule has 0 spiro atoms. The lowest BCUT2D eigenvalue weighted by Gasteiger charge is -2.21. The van der Waals surface area contributed by atoms with Gasteiger partial charge in [0, 0.05) is 7.05 Å². The van der Waals surface area contributed by atoms with E-state index < -0.39 is 0 Å². The quantitative estimate of drug-likeness (QED) is 0.615. The van der Waals surface area contributed by atoms with E-state index in [1.807, 2.05) is 13.8 Å². The smallest absolute Gasteiger partial charge is 0.325 e. The molecule has 7 heteroatoms. The normalized spacial score (nSPS) is 10.2. The second-order valence-electron chi connectivity index (χ2n) is 4.33. The molecule has 20 heavy (non-hydrogen) atoms. The van der Waals surface area contributed by atoms with Crippen LogP contribution in [-0.4, -0.2) is 41.9 Å². The first kappa shape index (κ1) is 16.3. The van der Waals surface area contributed by atoms with Crippen LogP contribution in [0.2, 0.25) is 0 Å². The largest absolute Gasteiger partial charge is 0.468 e. The molecule has 6 nitrogen and oxygen atoms in total. The van der Waals surface area contributed by atoms with Crippen LogP contribution in [0.1, 0.15) is 30.7 Å². The average Bonchev–Trinajstić information content (AvgIpc) is 2.44. The maximum atomic E-state index is 11.4. The van der Waals surface area contributed by atoms with Crippen LogP contribution in [-0.2, 0) is 22.4 Å². The number of thiocarbonyl (C=S) groups is 1. The van der Waals surface area contributed by atoms with Crippen LogP contribution in [0.4, 0.5) is 5.82 Å². The molecule has 0 aliphatic rings. The number of anilines is 1. The number of carbonyl (C=O) groups excluding carboxylic acids is 1. The molecule has 1 aromatic rings. The topological polar surface area (TPSA) is 81.3 Å². The molecule has 0 atom stereocenters. The third kappa shape index (κ3) is 3.41. The SMILES string of the molecule is CCc1nnc(N(C)CC(=O)OC)c(C(N)=S)c1CC. The first-order chi connectivity index (χ1) is 9.46. The Labute approximate surface area is 124 Å². The van der Waals surface area contributed by atoms with Crippen molar-refractivity contribution in [2.24, 2.45) is 5.73 Å². The fourth-order valence-corrected chi connectivity index (χ4v) is 2.24. The van der Waals surface area contributed by atoms with Crippen LogP contribution >= 0.6 is 12.2 Å². The molecular weight excluding hydrogens is 276 g/mol. The number of aromatic nitrogens is 2. The third-order valence-corrected chi connectivity index (χ3v) is 3.23. The Bertz CT molecular complexity index is 519. The van der Waals surface area contributed by atoms with Gasteiger partial charge in [0.2, 0.25) is 0 Å². The predicted octanol–water partition coefficient (Wildman–Crippen LogP) is 0.845. The summed E-state index contributed by atoms with van der Waals surface area (Å²) < 4.78 is 4.65. The number of nitrogens with zero attached hydrogens (tertiary/aromatic N) is 3. The third-order valence-electron chi connectivity index (χ3n) is 3.03. The number of nitrogens with two attached hydrogens (primary N) is 1. The summed E-state index contributed by atoms with van der Waals surface area (Å²) in [7, 11) is 3.07. The number of aryl methyl sites for hydroxylation is 1. The highest BCUT2D eigenvalue weighted by Gasteiger charge is 2.20. The first-order valence-corrected chi connectivity index (χ1v) is 6.83. The van der Waals surface area contributed by atoms with Gasteiger partial charge in [0.15, 0.2) is 5.82 Å². The molecule has 0 aliphatic carbocycles. The highest BCUT2D eigenvalue weighted by molar-refractivity contribution is 7.80. The summed E-state index contributed by atoms with van der Waals surface area (Å²) in [5.41, 5.74) is 8.40. The Balaban J connectivity index is 3.32. The number of ether oxygens (including phenoxy) is 1. The van der Waals surface area contributed by atoms with Crippen molar-refractivity contribution >= 4 is 29.0 Å². The molecular formula is C13H20N4O2S. The number of methoxy groups -OCH3 is 1. The van der Waals surface area contributed by atoms with E-state index in [-0.39, 0.29) is 17.5 Å². The van der Waals surface area contributed by atoms with E-state index in [2.05, 4.69) is 14.9 Å². The first-order valence-electron chi connectivity index (χ1n) is 6.42. The van der Waals surface area contributed by atoms with Gasteiger partial charge in [0.05, 0.1) is 18.4 Å². The second kappa shape index (κ2) is 7.14. The molecule has 1 rings (SSSR count). The average molecular weight is 296 g/mol. The van der Waals surface area contributed by atoms with Crippen LogP contribution < -0.4 is 10.6 Å². The van der Waals surface area contributed by atoms with Crippen LogP contribution in [0.5, 0.6) is 0 Å². The highest BCUT2D eigenvalue weighted by Crippen LogP contribution is 2.23. The zero-order chi connectivity index (χ0) is 15.3. The van der Waals surface area contributed by atoms with Crippen molar-refractivity contribution < 1.29 is 9.53 Å². The minimum absolute atomic E-state index is 0.0649. The maximum Gasteiger partial charge on any atom is 0.325 e. The monoisotopic (exact) mass is 296 g/mol. The molecule has 110 valence electrons. The van der Waals surface area contributed by atoms with E-state index in [0.717, 1.165) is 24.1 Å². The van der Waals surface area contributed by atoms with E-state index >= 15 is 0 Å². The van der Waals surface area contributed by atoms with E-state index in [0.29, 0.717) is 11.4 Å². The van der Waals surface area contributed by atoms with Crippen molar-refractivity contribution in [1.82, 2.24) is 10.2 Å². The molecule has 0 saturated carbocycles. The van der Waals surface area contributed by atoms with Gasteiger partial charge in [0.1, 0.15) is 11.5 Å². The lowest BCUT2D eigenvalue weighted by molar-refractivity contribution is -0.138. The number of likely N-dealkylation sites (N-methyl/N-ethyl adjacent to an activating group) is 1. The van der Waals surface area contributed by atoms with E-state index in [9.17, 15) is 4.79 Å². The Morgan fingerprint density at radius 1 is 1.35 bits per heavy atom. The van der Waals surface area contributed by atoms with E-state index in [4.69, 9.17) is 18.0 Å². The predicted molar refractivity (Wildman–Crippen MR) is 82.0 cm³/mol. The summed E-state index contributed by atoms with van der Waals surface area (Å²) in [6.45, 7) is 4.09. The molecule has 1 heterocycles. The van der Waals surface area contributed by atoms with Gasteiger partial charge < -0.3 is 15.4 Å². The van der Waals surface area contributed by atoms with Gasteiger partial charge in [0.25, 0.3) is 0 Å². The fraction of sp³-hybridized carbons (Fsp3) is 0.538. The van der Waals surface area contributed by atoms with Crippen LogP contribution in [0.3, 0.4) is 0 Å². The molecule has 1 aromatic heterocycles. The number of hydrogen-bond acceptors (Lipinski definition) is 6. The van der Waals surface area contributed by atoms with Gasteiger partial charge in [-0.2, -0.15) is 5.10 Å². The van der Waals surface area contributed by atoms with E-state index in [1.54, 1.807) is 11.9 Å². The Hall–Kier alpha value is -1.76. The molecule has 0 saturated heterocycles. The van der Waals surface area contributed by atoms with Gasteiger partial charge in [-0.1, -0.05) is 26.1 Å². The molecule has 0 aromatic carbocycles. The van der Waals surface area contributed by atoms with Gasteiger partial charge in [-0.25, -0.2) is 0 Å². The molecule has 0 aliphatic heterocycles. The minimum atomic E-state index is -0.360. The second-order valence-corrected chi connectivity index (χ2v) is 4.77. The van der Waals surface area contributed by atoms with Crippen LogP contribution in [0.25, 0.3) is 0 Å². The van der Waals surface area contributed by atoms with Crippen molar-refractivity contribution in [1.29, 1.82) is 0 Å². The summed E-state index contributed by atoms with van der Waals surface area (Å²) in [5, 5.41) is 8.37. The maximum absolute atomic E-state index is 11.4. The number of carbonyl (C=O) groups is 1. The highest BCUT2D eigenvalue weighted by atomic mass is 32.1. The summed E-state index contributed by atoms with van der Waals surface area (Å²) in [5.74, 6) is 0.151. The lowest BCUT2D eigenvalue weighted by atomic mass is 10.0. The fourth-order valence-electron chi connectivity index (χ4n) is 2.02. The Morgan fingerprint density at radius 2 is 2.00 bits per heavy atom. The Morgan fingerprint density at radius 3 is 2.45 bits per heavy atom. The van der Waals surface area contributed by atoms with Gasteiger partial charge in [-0.3, -0.25) is 4.79 Å². The zero-order valence-corrected chi connectivity index (χ0v) is 13.1. The number of rotatable bonds is 6. The van der Waals surface area contributed by atoms with Crippen molar-refractivity contribution in [2.45, 2.75) is 26.7 Å².